The Labute approximate surface area is 175 Å². The Morgan fingerprint density at radius 3 is 2.50 bits per heavy atom. The van der Waals surface area contributed by atoms with Gasteiger partial charge in [0.2, 0.25) is 5.91 Å². The maximum Gasteiger partial charge on any atom is 0.265 e. The molecule has 7 heteroatoms. The molecule has 2 aliphatic heterocycles. The van der Waals surface area contributed by atoms with Crippen LogP contribution < -0.4 is 19.9 Å². The second kappa shape index (κ2) is 8.57. The number of carbonyl (C=O) groups is 3. The van der Waals surface area contributed by atoms with Crippen molar-refractivity contribution in [1.82, 2.24) is 0 Å². The Morgan fingerprint density at radius 1 is 1.07 bits per heavy atom. The lowest BCUT2D eigenvalue weighted by Crippen LogP contribution is -2.43. The summed E-state index contributed by atoms with van der Waals surface area (Å²) in [7, 11) is 0. The molecule has 2 aromatic rings. The Hall–Kier alpha value is -3.35. The van der Waals surface area contributed by atoms with Crippen molar-refractivity contribution in [3.8, 4) is 5.75 Å². The molecular formula is C23H25N3O4. The van der Waals surface area contributed by atoms with Crippen molar-refractivity contribution in [2.75, 3.05) is 41.4 Å². The molecule has 2 amide bonds. The maximum atomic E-state index is 12.6. The zero-order valence-corrected chi connectivity index (χ0v) is 17.0. The Bertz CT molecular complexity index is 965. The molecule has 4 rings (SSSR count). The molecule has 0 aliphatic carbocycles. The van der Waals surface area contributed by atoms with Crippen LogP contribution >= 0.6 is 0 Å². The van der Waals surface area contributed by atoms with Crippen LogP contribution in [0.5, 0.6) is 5.75 Å². The van der Waals surface area contributed by atoms with Gasteiger partial charge in [-0.15, -0.1) is 0 Å². The van der Waals surface area contributed by atoms with Crippen LogP contribution in [0.2, 0.25) is 0 Å². The van der Waals surface area contributed by atoms with Crippen molar-refractivity contribution in [2.24, 2.45) is 0 Å². The van der Waals surface area contributed by atoms with Crippen molar-refractivity contribution < 1.29 is 19.1 Å². The number of ketones is 1. The normalized spacial score (nSPS) is 15.6. The highest BCUT2D eigenvalue weighted by atomic mass is 16.5. The maximum absolute atomic E-state index is 12.6. The summed E-state index contributed by atoms with van der Waals surface area (Å²) in [6.45, 7) is 3.63. The minimum Gasteiger partial charge on any atom is -0.482 e. The smallest absolute Gasteiger partial charge is 0.265 e. The van der Waals surface area contributed by atoms with Gasteiger partial charge in [0, 0.05) is 36.4 Å². The number of anilines is 3. The summed E-state index contributed by atoms with van der Waals surface area (Å²) in [5, 5.41) is 2.85. The fourth-order valence-corrected chi connectivity index (χ4v) is 3.83. The first kappa shape index (κ1) is 19.9. The third kappa shape index (κ3) is 4.15. The number of ether oxygens (including phenoxy) is 1. The zero-order valence-electron chi connectivity index (χ0n) is 17.0. The van der Waals surface area contributed by atoms with Crippen LogP contribution in [0.4, 0.5) is 17.1 Å². The summed E-state index contributed by atoms with van der Waals surface area (Å²) >= 11 is 0. The molecule has 156 valence electrons. The van der Waals surface area contributed by atoms with Gasteiger partial charge in [-0.1, -0.05) is 6.92 Å². The van der Waals surface area contributed by atoms with Gasteiger partial charge in [0.1, 0.15) is 12.3 Å². The van der Waals surface area contributed by atoms with E-state index >= 15 is 0 Å². The quantitative estimate of drug-likeness (QED) is 0.744. The van der Waals surface area contributed by atoms with Gasteiger partial charge in [-0.2, -0.15) is 0 Å². The number of benzene rings is 2. The summed E-state index contributed by atoms with van der Waals surface area (Å²) in [6.07, 6.45) is 2.78. The number of fused-ring (bicyclic) bond motifs is 1. The van der Waals surface area contributed by atoms with Crippen LogP contribution in [0.25, 0.3) is 0 Å². The largest absolute Gasteiger partial charge is 0.482 e. The van der Waals surface area contributed by atoms with E-state index < -0.39 is 0 Å². The number of nitrogens with one attached hydrogen (secondary N) is 1. The Balaban J connectivity index is 1.46. The fourth-order valence-electron chi connectivity index (χ4n) is 3.83. The van der Waals surface area contributed by atoms with E-state index in [1.54, 1.807) is 25.1 Å². The molecular weight excluding hydrogens is 382 g/mol. The summed E-state index contributed by atoms with van der Waals surface area (Å²) in [5.74, 6) is -0.163. The van der Waals surface area contributed by atoms with Crippen molar-refractivity contribution in [2.45, 2.75) is 26.2 Å². The van der Waals surface area contributed by atoms with Crippen LogP contribution in [0.1, 0.15) is 36.5 Å². The molecule has 7 nitrogen and oxygen atoms in total. The van der Waals surface area contributed by atoms with E-state index in [2.05, 4.69) is 10.2 Å². The van der Waals surface area contributed by atoms with E-state index in [1.165, 1.54) is 17.7 Å². The highest BCUT2D eigenvalue weighted by molar-refractivity contribution is 6.06. The number of amides is 2. The SMILES string of the molecule is CCC(=O)c1ccc2c(c1)N(CC(=O)Nc1ccc(N3CCCC3)cc1)C(=O)CO2. The Morgan fingerprint density at radius 2 is 1.80 bits per heavy atom. The molecule has 0 unspecified atom stereocenters. The molecule has 1 fully saturated rings. The van der Waals surface area contributed by atoms with Crippen LogP contribution in [-0.2, 0) is 9.59 Å². The second-order valence-corrected chi connectivity index (χ2v) is 7.52. The van der Waals surface area contributed by atoms with E-state index in [-0.39, 0.29) is 30.7 Å². The average molecular weight is 407 g/mol. The highest BCUT2D eigenvalue weighted by Gasteiger charge is 2.28. The number of nitrogens with zero attached hydrogens (tertiary/aromatic N) is 2. The fraction of sp³-hybridized carbons (Fsp3) is 0.348. The molecule has 0 saturated carbocycles. The monoisotopic (exact) mass is 407 g/mol. The molecule has 2 heterocycles. The lowest BCUT2D eigenvalue weighted by Gasteiger charge is -2.29. The number of carbonyl (C=O) groups excluding carboxylic acids is 3. The van der Waals surface area contributed by atoms with Crippen LogP contribution in [0.3, 0.4) is 0 Å². The van der Waals surface area contributed by atoms with Gasteiger partial charge >= 0.3 is 0 Å². The summed E-state index contributed by atoms with van der Waals surface area (Å²) in [4.78, 5) is 40.8. The molecule has 1 saturated heterocycles. The van der Waals surface area contributed by atoms with Crippen molar-refractivity contribution >= 4 is 34.7 Å². The molecule has 30 heavy (non-hydrogen) atoms. The van der Waals surface area contributed by atoms with Crippen molar-refractivity contribution in [1.29, 1.82) is 0 Å². The van der Waals surface area contributed by atoms with Gasteiger partial charge in [-0.05, 0) is 55.3 Å². The number of Topliss-reactive ketones (excluding diaryl/α,β-unsaturated/α-hetero) is 1. The second-order valence-electron chi connectivity index (χ2n) is 7.52. The van der Waals surface area contributed by atoms with Gasteiger partial charge in [0.25, 0.3) is 5.91 Å². The molecule has 0 atom stereocenters. The van der Waals surface area contributed by atoms with E-state index in [0.717, 1.165) is 18.8 Å². The Kier molecular flexibility index (Phi) is 5.70. The molecule has 0 radical (unpaired) electrons. The summed E-state index contributed by atoms with van der Waals surface area (Å²) < 4.78 is 5.46. The number of rotatable bonds is 6. The molecule has 1 N–H and O–H groups in total. The van der Waals surface area contributed by atoms with E-state index in [0.29, 0.717) is 29.1 Å². The molecule has 2 aromatic carbocycles. The van der Waals surface area contributed by atoms with Crippen molar-refractivity contribution in [3.05, 3.63) is 48.0 Å². The predicted octanol–water partition coefficient (Wildman–Crippen LogP) is 3.24. The first-order valence-corrected chi connectivity index (χ1v) is 10.3. The zero-order chi connectivity index (χ0) is 21.1. The third-order valence-corrected chi connectivity index (χ3v) is 5.47. The average Bonchev–Trinajstić information content (AvgIpc) is 3.30. The number of hydrogen-bond donors (Lipinski definition) is 1. The first-order chi connectivity index (χ1) is 14.5. The molecule has 0 spiro atoms. The van der Waals surface area contributed by atoms with E-state index in [1.807, 2.05) is 24.3 Å². The van der Waals surface area contributed by atoms with Crippen molar-refractivity contribution in [3.63, 3.8) is 0 Å². The third-order valence-electron chi connectivity index (χ3n) is 5.47. The van der Waals surface area contributed by atoms with E-state index in [4.69, 9.17) is 4.74 Å². The summed E-state index contributed by atoms with van der Waals surface area (Å²) in [5.41, 5.74) is 2.78. The molecule has 2 aliphatic rings. The van der Waals surface area contributed by atoms with E-state index in [9.17, 15) is 14.4 Å². The predicted molar refractivity (Wildman–Crippen MR) is 115 cm³/mol. The van der Waals surface area contributed by atoms with Crippen LogP contribution in [0.15, 0.2) is 42.5 Å². The van der Waals surface area contributed by atoms with Gasteiger partial charge in [-0.25, -0.2) is 0 Å². The first-order valence-electron chi connectivity index (χ1n) is 10.3. The molecule has 0 aromatic heterocycles. The summed E-state index contributed by atoms with van der Waals surface area (Å²) in [6, 6.07) is 12.7. The number of hydrogen-bond acceptors (Lipinski definition) is 5. The molecule has 0 bridgehead atoms. The van der Waals surface area contributed by atoms with Gasteiger partial charge in [0.15, 0.2) is 12.4 Å². The highest BCUT2D eigenvalue weighted by Crippen LogP contribution is 2.33. The lowest BCUT2D eigenvalue weighted by atomic mass is 10.1. The minimum atomic E-state index is -0.317. The van der Waals surface area contributed by atoms with Crippen LogP contribution in [-0.4, -0.2) is 43.8 Å². The van der Waals surface area contributed by atoms with Gasteiger partial charge in [-0.3, -0.25) is 19.3 Å². The van der Waals surface area contributed by atoms with Gasteiger partial charge < -0.3 is 15.0 Å². The lowest BCUT2D eigenvalue weighted by molar-refractivity contribution is -0.123. The van der Waals surface area contributed by atoms with Gasteiger partial charge in [0.05, 0.1) is 5.69 Å². The van der Waals surface area contributed by atoms with Crippen LogP contribution in [0, 0.1) is 0 Å². The topological polar surface area (TPSA) is 79.0 Å². The minimum absolute atomic E-state index is 0.0293. The standard InChI is InChI=1S/C23H25N3O4/c1-2-20(27)16-5-10-21-19(13-16)26(23(29)15-30-21)14-22(28)24-17-6-8-18(9-7-17)25-11-3-4-12-25/h5-10,13H,2-4,11-12,14-15H2,1H3,(H,24,28).